The molecule has 2 fully saturated rings. The van der Waals surface area contributed by atoms with Gasteiger partial charge in [-0.05, 0) is 47.9 Å². The fourth-order valence-electron chi connectivity index (χ4n) is 6.95. The van der Waals surface area contributed by atoms with Gasteiger partial charge in [0, 0.05) is 49.6 Å². The third kappa shape index (κ3) is 13.1. The average molecular weight is 784 g/mol. The smallest absolute Gasteiger partial charge is 0.407 e. The van der Waals surface area contributed by atoms with E-state index < -0.39 is 30.4 Å². The first kappa shape index (κ1) is 41.8. The standard InChI is InChI=1S/C39H53N5O10S/c45-34(14-6-5-13-33-36-32(25-55-33)42-38(49)44-36)40-15-7-17-51-19-21-53-22-20-52-18-8-16-41-35(46)23-31(37(47)48)43-39(50)54-24-30-28-11-3-1-9-26(28)27-10-2-4-12-29(27)30/h1-4,9-12,30-33,36H,5-8,13-25H2,(H,40,45)(H,41,46)(H,43,50)(H,47,48)(H2,42,44,49). The molecule has 0 radical (unpaired) electrons. The number of amides is 5. The van der Waals surface area contributed by atoms with Crippen LogP contribution in [0.2, 0.25) is 0 Å². The van der Waals surface area contributed by atoms with Gasteiger partial charge in [0.25, 0.3) is 0 Å². The Hall–Kier alpha value is -4.38. The highest BCUT2D eigenvalue weighted by Crippen LogP contribution is 2.44. The summed E-state index contributed by atoms with van der Waals surface area (Å²) >= 11 is 1.89. The van der Waals surface area contributed by atoms with Gasteiger partial charge >= 0.3 is 18.1 Å². The van der Waals surface area contributed by atoms with Crippen LogP contribution in [0.4, 0.5) is 9.59 Å². The number of urea groups is 1. The number of hydrogen-bond donors (Lipinski definition) is 6. The summed E-state index contributed by atoms with van der Waals surface area (Å²) in [5.41, 5.74) is 4.23. The van der Waals surface area contributed by atoms with Crippen molar-refractivity contribution >= 4 is 41.7 Å². The number of thioether (sulfide) groups is 1. The Morgan fingerprint density at radius 2 is 1.38 bits per heavy atom. The number of alkyl carbamates (subject to hydrolysis) is 1. The van der Waals surface area contributed by atoms with E-state index in [0.29, 0.717) is 70.7 Å². The molecule has 5 rings (SSSR count). The molecule has 15 nitrogen and oxygen atoms in total. The van der Waals surface area contributed by atoms with Crippen LogP contribution in [0.15, 0.2) is 48.5 Å². The number of rotatable bonds is 25. The third-order valence-corrected chi connectivity index (χ3v) is 11.2. The Balaban J connectivity index is 0.795. The number of unbranched alkanes of at least 4 members (excludes halogenated alkanes) is 1. The number of fused-ring (bicyclic) bond motifs is 4. The molecular formula is C39H53N5O10S. The molecule has 300 valence electrons. The van der Waals surface area contributed by atoms with Gasteiger partial charge in [0.15, 0.2) is 0 Å². The number of nitrogens with one attached hydrogen (secondary N) is 5. The summed E-state index contributed by atoms with van der Waals surface area (Å²) in [7, 11) is 0. The minimum Gasteiger partial charge on any atom is -0.480 e. The van der Waals surface area contributed by atoms with Crippen molar-refractivity contribution in [3.8, 4) is 11.1 Å². The van der Waals surface area contributed by atoms with E-state index in [0.717, 1.165) is 47.3 Å². The predicted octanol–water partition coefficient (Wildman–Crippen LogP) is 3.16. The van der Waals surface area contributed by atoms with Crippen LogP contribution < -0.4 is 26.6 Å². The van der Waals surface area contributed by atoms with Crippen molar-refractivity contribution in [1.29, 1.82) is 0 Å². The summed E-state index contributed by atoms with van der Waals surface area (Å²) < 4.78 is 22.0. The summed E-state index contributed by atoms with van der Waals surface area (Å²) in [6, 6.07) is 14.7. The second kappa shape index (κ2) is 22.2. The highest BCUT2D eigenvalue weighted by Gasteiger charge is 2.42. The maximum atomic E-state index is 12.5. The van der Waals surface area contributed by atoms with Crippen LogP contribution >= 0.6 is 11.8 Å². The van der Waals surface area contributed by atoms with Crippen molar-refractivity contribution in [3.63, 3.8) is 0 Å². The van der Waals surface area contributed by atoms with Crippen LogP contribution in [0.25, 0.3) is 11.1 Å². The van der Waals surface area contributed by atoms with E-state index in [2.05, 4.69) is 26.6 Å². The zero-order chi connectivity index (χ0) is 38.8. The van der Waals surface area contributed by atoms with Gasteiger partial charge in [0.2, 0.25) is 11.8 Å². The third-order valence-electron chi connectivity index (χ3n) is 9.72. The Labute approximate surface area is 325 Å². The molecule has 0 bridgehead atoms. The number of benzene rings is 2. The van der Waals surface area contributed by atoms with E-state index in [1.807, 2.05) is 60.3 Å². The molecule has 0 saturated carbocycles. The molecule has 2 saturated heterocycles. The molecule has 4 atom stereocenters. The van der Waals surface area contributed by atoms with Gasteiger partial charge in [0.1, 0.15) is 12.6 Å². The highest BCUT2D eigenvalue weighted by molar-refractivity contribution is 8.00. The lowest BCUT2D eigenvalue weighted by Crippen LogP contribution is -2.44. The van der Waals surface area contributed by atoms with Crippen LogP contribution in [0, 0.1) is 0 Å². The summed E-state index contributed by atoms with van der Waals surface area (Å²) in [5, 5.41) is 23.8. The lowest BCUT2D eigenvalue weighted by Gasteiger charge is -2.17. The molecule has 6 N–H and O–H groups in total. The predicted molar refractivity (Wildman–Crippen MR) is 206 cm³/mol. The molecule has 1 aliphatic carbocycles. The molecular weight excluding hydrogens is 731 g/mol. The summed E-state index contributed by atoms with van der Waals surface area (Å²) in [4.78, 5) is 60.3. The lowest BCUT2D eigenvalue weighted by atomic mass is 9.98. The van der Waals surface area contributed by atoms with E-state index >= 15 is 0 Å². The maximum Gasteiger partial charge on any atom is 0.407 e. The second-order valence-corrected chi connectivity index (χ2v) is 14.9. The van der Waals surface area contributed by atoms with Gasteiger partial charge < -0.3 is 50.6 Å². The lowest BCUT2D eigenvalue weighted by molar-refractivity contribution is -0.141. The molecule has 55 heavy (non-hydrogen) atoms. The number of carbonyl (C=O) groups excluding carboxylic acids is 4. The zero-order valence-corrected chi connectivity index (χ0v) is 31.9. The van der Waals surface area contributed by atoms with E-state index in [4.69, 9.17) is 18.9 Å². The van der Waals surface area contributed by atoms with Gasteiger partial charge in [-0.3, -0.25) is 9.59 Å². The molecule has 16 heteroatoms. The van der Waals surface area contributed by atoms with E-state index in [9.17, 15) is 29.1 Å². The number of carboxylic acid groups (broad SMARTS) is 1. The molecule has 0 aromatic heterocycles. The first-order chi connectivity index (χ1) is 26.8. The molecule has 2 heterocycles. The summed E-state index contributed by atoms with van der Waals surface area (Å²) in [5.74, 6) is -1.03. The molecule has 5 amide bonds. The first-order valence-electron chi connectivity index (χ1n) is 19.1. The number of aliphatic carboxylic acids is 1. The molecule has 2 aliphatic heterocycles. The summed E-state index contributed by atoms with van der Waals surface area (Å²) in [6.45, 7) is 3.39. The first-order valence-corrected chi connectivity index (χ1v) is 20.1. The van der Waals surface area contributed by atoms with E-state index in [1.165, 1.54) is 0 Å². The number of ether oxygens (including phenoxy) is 4. The van der Waals surface area contributed by atoms with Crippen molar-refractivity contribution in [2.24, 2.45) is 0 Å². The Morgan fingerprint density at radius 1 is 0.782 bits per heavy atom. The van der Waals surface area contributed by atoms with Crippen molar-refractivity contribution in [3.05, 3.63) is 59.7 Å². The van der Waals surface area contributed by atoms with Gasteiger partial charge in [-0.2, -0.15) is 11.8 Å². The second-order valence-electron chi connectivity index (χ2n) is 13.7. The van der Waals surface area contributed by atoms with Crippen molar-refractivity contribution in [2.75, 3.05) is 65.1 Å². The quantitative estimate of drug-likeness (QED) is 0.0638. The number of hydrogen-bond acceptors (Lipinski definition) is 10. The zero-order valence-electron chi connectivity index (χ0n) is 31.1. The molecule has 4 unspecified atom stereocenters. The fourth-order valence-corrected chi connectivity index (χ4v) is 8.49. The number of carbonyl (C=O) groups is 5. The van der Waals surface area contributed by atoms with Gasteiger partial charge in [-0.1, -0.05) is 55.0 Å². The molecule has 0 spiro atoms. The minimum absolute atomic E-state index is 0.0334. The van der Waals surface area contributed by atoms with Crippen LogP contribution in [0.3, 0.4) is 0 Å². The monoisotopic (exact) mass is 783 g/mol. The normalized spacial score (nSPS) is 18.7. The molecule has 2 aromatic rings. The SMILES string of the molecule is O=C(CCCCC1SCC2NC(=O)NC21)NCCCOCCOCCOCCCNC(=O)CC(NC(=O)OCC1c2ccccc2-c2ccccc21)C(=O)O. The topological polar surface area (TPSA) is 203 Å². The highest BCUT2D eigenvalue weighted by atomic mass is 32.2. The maximum absolute atomic E-state index is 12.5. The van der Waals surface area contributed by atoms with Crippen LogP contribution in [0.1, 0.15) is 62.0 Å². The van der Waals surface area contributed by atoms with Crippen molar-refractivity contribution in [1.82, 2.24) is 26.6 Å². The van der Waals surface area contributed by atoms with Crippen molar-refractivity contribution < 1.29 is 48.0 Å². The Kier molecular flexibility index (Phi) is 16.9. The van der Waals surface area contributed by atoms with E-state index in [1.54, 1.807) is 0 Å². The Morgan fingerprint density at radius 3 is 2.02 bits per heavy atom. The van der Waals surface area contributed by atoms with Gasteiger partial charge in [0.05, 0.1) is 44.9 Å². The van der Waals surface area contributed by atoms with Gasteiger partial charge in [-0.15, -0.1) is 0 Å². The fraction of sp³-hybridized carbons (Fsp3) is 0.564. The largest absolute Gasteiger partial charge is 0.480 e. The van der Waals surface area contributed by atoms with Gasteiger partial charge in [-0.25, -0.2) is 14.4 Å². The van der Waals surface area contributed by atoms with Crippen molar-refractivity contribution in [2.45, 2.75) is 74.2 Å². The molecule has 3 aliphatic rings. The summed E-state index contributed by atoms with van der Waals surface area (Å²) in [6.07, 6.45) is 3.18. The van der Waals surface area contributed by atoms with Crippen LogP contribution in [0.5, 0.6) is 0 Å². The Bertz CT molecular complexity index is 1550. The van der Waals surface area contributed by atoms with Crippen LogP contribution in [-0.4, -0.2) is 123 Å². The van der Waals surface area contributed by atoms with Crippen LogP contribution in [-0.2, 0) is 33.3 Å². The minimum atomic E-state index is -1.44. The molecule has 2 aromatic carbocycles. The average Bonchev–Trinajstić information content (AvgIpc) is 3.84. The van der Waals surface area contributed by atoms with E-state index in [-0.39, 0.29) is 43.1 Å². The number of carboxylic acids is 1.